The van der Waals surface area contributed by atoms with Crippen molar-refractivity contribution in [1.29, 1.82) is 0 Å². The quantitative estimate of drug-likeness (QED) is 0.861. The third kappa shape index (κ3) is 2.79. The second-order valence-electron chi connectivity index (χ2n) is 3.92. The highest BCUT2D eigenvalue weighted by molar-refractivity contribution is 8.15. The molecule has 0 aromatic heterocycles. The van der Waals surface area contributed by atoms with Crippen molar-refractivity contribution in [3.05, 3.63) is 29.3 Å². The zero-order valence-electron chi connectivity index (χ0n) is 10.2. The monoisotopic (exact) mass is 283 g/mol. The van der Waals surface area contributed by atoms with Crippen molar-refractivity contribution in [2.75, 3.05) is 18.5 Å². The topological polar surface area (TPSA) is 44.7 Å². The fraction of sp³-hybridized carbons (Fsp3) is 0.333. The van der Waals surface area contributed by atoms with Gasteiger partial charge in [0.25, 0.3) is 0 Å². The SMILES string of the molecule is CNC(=O)N(C1=NCC(C)S1)c1ccc(Cl)cc1. The third-order valence-electron chi connectivity index (χ3n) is 2.48. The molecule has 1 heterocycles. The lowest BCUT2D eigenvalue weighted by molar-refractivity contribution is 0.251. The zero-order valence-corrected chi connectivity index (χ0v) is 11.8. The van der Waals surface area contributed by atoms with Gasteiger partial charge in [0.1, 0.15) is 0 Å². The Morgan fingerprint density at radius 3 is 2.67 bits per heavy atom. The summed E-state index contributed by atoms with van der Waals surface area (Å²) in [6, 6.07) is 6.94. The van der Waals surface area contributed by atoms with Gasteiger partial charge in [0.05, 0.1) is 12.2 Å². The van der Waals surface area contributed by atoms with Crippen LogP contribution in [0.15, 0.2) is 29.3 Å². The summed E-state index contributed by atoms with van der Waals surface area (Å²) < 4.78 is 0. The largest absolute Gasteiger partial charge is 0.340 e. The lowest BCUT2D eigenvalue weighted by Gasteiger charge is -2.21. The number of rotatable bonds is 1. The Morgan fingerprint density at radius 2 is 2.17 bits per heavy atom. The molecule has 2 amide bonds. The fourth-order valence-corrected chi connectivity index (χ4v) is 2.68. The van der Waals surface area contributed by atoms with Crippen LogP contribution in [0.3, 0.4) is 0 Å². The van der Waals surface area contributed by atoms with Gasteiger partial charge in [-0.15, -0.1) is 0 Å². The molecule has 0 saturated carbocycles. The number of amides is 2. The van der Waals surface area contributed by atoms with Crippen molar-refractivity contribution in [3.8, 4) is 0 Å². The van der Waals surface area contributed by atoms with E-state index < -0.39 is 0 Å². The molecule has 1 unspecified atom stereocenters. The Balaban J connectivity index is 2.31. The molecule has 1 aliphatic heterocycles. The van der Waals surface area contributed by atoms with E-state index in [1.807, 2.05) is 12.1 Å². The Labute approximate surface area is 115 Å². The number of hydrogen-bond acceptors (Lipinski definition) is 3. The molecule has 1 N–H and O–H groups in total. The van der Waals surface area contributed by atoms with Crippen molar-refractivity contribution in [2.45, 2.75) is 12.2 Å². The zero-order chi connectivity index (χ0) is 13.1. The van der Waals surface area contributed by atoms with Gasteiger partial charge in [-0.05, 0) is 24.3 Å². The number of anilines is 1. The Morgan fingerprint density at radius 1 is 1.50 bits per heavy atom. The van der Waals surface area contributed by atoms with Crippen LogP contribution < -0.4 is 10.2 Å². The average molecular weight is 284 g/mol. The van der Waals surface area contributed by atoms with Crippen molar-refractivity contribution < 1.29 is 4.79 Å². The van der Waals surface area contributed by atoms with Gasteiger partial charge >= 0.3 is 6.03 Å². The van der Waals surface area contributed by atoms with E-state index in [9.17, 15) is 4.79 Å². The predicted molar refractivity (Wildman–Crippen MR) is 77.7 cm³/mol. The number of amidine groups is 1. The van der Waals surface area contributed by atoms with Gasteiger partial charge < -0.3 is 5.32 Å². The van der Waals surface area contributed by atoms with Gasteiger partial charge in [-0.25, -0.2) is 9.69 Å². The van der Waals surface area contributed by atoms with Gasteiger partial charge in [-0.2, -0.15) is 0 Å². The first kappa shape index (κ1) is 13.2. The van der Waals surface area contributed by atoms with Gasteiger partial charge in [0.2, 0.25) is 0 Å². The van der Waals surface area contributed by atoms with Gasteiger partial charge in [0.15, 0.2) is 5.17 Å². The van der Waals surface area contributed by atoms with Crippen molar-refractivity contribution >= 4 is 40.2 Å². The number of carbonyl (C=O) groups is 1. The maximum Gasteiger partial charge on any atom is 0.327 e. The summed E-state index contributed by atoms with van der Waals surface area (Å²) >= 11 is 7.46. The molecular formula is C12H14ClN3OS. The summed E-state index contributed by atoms with van der Waals surface area (Å²) in [4.78, 5) is 17.9. The summed E-state index contributed by atoms with van der Waals surface area (Å²) in [6.07, 6.45) is 0. The molecule has 0 fully saturated rings. The van der Waals surface area contributed by atoms with Crippen LogP contribution in [-0.4, -0.2) is 30.0 Å². The summed E-state index contributed by atoms with van der Waals surface area (Å²) in [5.74, 6) is 0. The molecule has 1 aliphatic rings. The highest BCUT2D eigenvalue weighted by Crippen LogP contribution is 2.27. The fourth-order valence-electron chi connectivity index (χ4n) is 1.60. The van der Waals surface area contributed by atoms with E-state index in [1.54, 1.807) is 35.8 Å². The lowest BCUT2D eigenvalue weighted by atomic mass is 10.3. The number of thioether (sulfide) groups is 1. The molecule has 96 valence electrons. The number of urea groups is 1. The first-order chi connectivity index (χ1) is 8.61. The predicted octanol–water partition coefficient (Wildman–Crippen LogP) is 2.98. The molecule has 4 nitrogen and oxygen atoms in total. The van der Waals surface area contributed by atoms with Crippen LogP contribution in [0.4, 0.5) is 10.5 Å². The van der Waals surface area contributed by atoms with E-state index in [4.69, 9.17) is 11.6 Å². The normalized spacial score (nSPS) is 18.4. The van der Waals surface area contributed by atoms with Crippen LogP contribution in [0, 0.1) is 0 Å². The molecule has 6 heteroatoms. The minimum atomic E-state index is -0.197. The molecule has 1 aromatic rings. The van der Waals surface area contributed by atoms with Crippen LogP contribution in [0.5, 0.6) is 0 Å². The van der Waals surface area contributed by atoms with Crippen molar-refractivity contribution in [3.63, 3.8) is 0 Å². The molecular weight excluding hydrogens is 270 g/mol. The summed E-state index contributed by atoms with van der Waals surface area (Å²) in [7, 11) is 1.61. The molecule has 0 bridgehead atoms. The minimum Gasteiger partial charge on any atom is -0.340 e. The van der Waals surface area contributed by atoms with E-state index in [0.717, 1.165) is 17.4 Å². The van der Waals surface area contributed by atoms with Crippen LogP contribution in [0.1, 0.15) is 6.92 Å². The number of hydrogen-bond donors (Lipinski definition) is 1. The smallest absolute Gasteiger partial charge is 0.327 e. The summed E-state index contributed by atoms with van der Waals surface area (Å²) in [5, 5.41) is 4.40. The van der Waals surface area contributed by atoms with Crippen molar-refractivity contribution in [1.82, 2.24) is 5.32 Å². The minimum absolute atomic E-state index is 0.197. The number of aliphatic imine (C=N–C) groups is 1. The second-order valence-corrected chi connectivity index (χ2v) is 5.76. The van der Waals surface area contributed by atoms with Crippen molar-refractivity contribution in [2.24, 2.45) is 4.99 Å². The highest BCUT2D eigenvalue weighted by Gasteiger charge is 2.26. The van der Waals surface area contributed by atoms with Gasteiger partial charge in [-0.3, -0.25) is 4.99 Å². The molecule has 1 atom stereocenters. The molecule has 0 spiro atoms. The highest BCUT2D eigenvalue weighted by atomic mass is 35.5. The van der Waals surface area contributed by atoms with E-state index in [2.05, 4.69) is 17.2 Å². The first-order valence-corrected chi connectivity index (χ1v) is 6.86. The molecule has 1 aromatic carbocycles. The van der Waals surface area contributed by atoms with Crippen LogP contribution in [-0.2, 0) is 0 Å². The molecule has 18 heavy (non-hydrogen) atoms. The Bertz CT molecular complexity index is 475. The third-order valence-corrected chi connectivity index (χ3v) is 3.81. The summed E-state index contributed by atoms with van der Waals surface area (Å²) in [5.41, 5.74) is 0.763. The second kappa shape index (κ2) is 5.63. The number of nitrogens with zero attached hydrogens (tertiary/aromatic N) is 2. The number of nitrogens with one attached hydrogen (secondary N) is 1. The van der Waals surface area contributed by atoms with E-state index >= 15 is 0 Å². The van der Waals surface area contributed by atoms with E-state index in [0.29, 0.717) is 10.3 Å². The Kier molecular flexibility index (Phi) is 4.14. The number of benzene rings is 1. The van der Waals surface area contributed by atoms with Gasteiger partial charge in [-0.1, -0.05) is 30.3 Å². The first-order valence-electron chi connectivity index (χ1n) is 5.60. The summed E-state index contributed by atoms with van der Waals surface area (Å²) in [6.45, 7) is 2.83. The van der Waals surface area contributed by atoms with Crippen LogP contribution in [0.2, 0.25) is 5.02 Å². The van der Waals surface area contributed by atoms with Gasteiger partial charge in [0, 0.05) is 17.3 Å². The number of halogens is 1. The van der Waals surface area contributed by atoms with Crippen LogP contribution in [0.25, 0.3) is 0 Å². The molecule has 2 rings (SSSR count). The number of carbonyl (C=O) groups excluding carboxylic acids is 1. The lowest BCUT2D eigenvalue weighted by Crippen LogP contribution is -2.41. The van der Waals surface area contributed by atoms with Crippen LogP contribution >= 0.6 is 23.4 Å². The standard InChI is InChI=1S/C12H14ClN3OS/c1-8-7-15-12(18-8)16(11(17)14-2)10-5-3-9(13)4-6-10/h3-6,8H,7H2,1-2H3,(H,14,17). The Hall–Kier alpha value is -1.20. The maximum atomic E-state index is 12.0. The molecule has 0 aliphatic carbocycles. The van der Waals surface area contributed by atoms with E-state index in [1.165, 1.54) is 0 Å². The molecule has 0 saturated heterocycles. The maximum absolute atomic E-state index is 12.0. The van der Waals surface area contributed by atoms with E-state index in [-0.39, 0.29) is 6.03 Å². The molecule has 0 radical (unpaired) electrons. The average Bonchev–Trinajstić information content (AvgIpc) is 2.78.